The van der Waals surface area contributed by atoms with Crippen molar-refractivity contribution in [2.75, 3.05) is 18.1 Å². The first-order valence-electron chi connectivity index (χ1n) is 7.17. The second-order valence-electron chi connectivity index (χ2n) is 5.18. The van der Waals surface area contributed by atoms with E-state index >= 15 is 0 Å². The summed E-state index contributed by atoms with van der Waals surface area (Å²) in [5, 5.41) is 11.8. The van der Waals surface area contributed by atoms with Crippen LogP contribution in [0.2, 0.25) is 0 Å². The number of amides is 1. The summed E-state index contributed by atoms with van der Waals surface area (Å²) in [5.41, 5.74) is 0.0649. The lowest BCUT2D eigenvalue weighted by Gasteiger charge is -2.05. The van der Waals surface area contributed by atoms with Crippen LogP contribution in [0.15, 0.2) is 10.5 Å². The number of aromatic carboxylic acids is 1. The monoisotopic (exact) mass is 313 g/mol. The largest absolute Gasteiger partial charge is 0.478 e. The van der Waals surface area contributed by atoms with E-state index in [-0.39, 0.29) is 17.2 Å². The maximum absolute atomic E-state index is 11.9. The Labute approximate surface area is 129 Å². The molecule has 1 amide bonds. The number of carbonyl (C=O) groups excluding carboxylic acids is 1. The minimum atomic E-state index is -1.07. The zero-order valence-electron chi connectivity index (χ0n) is 12.8. The molecule has 0 atom stereocenters. The molecule has 0 unspecified atom stereocenters. The van der Waals surface area contributed by atoms with Crippen LogP contribution in [0.4, 0.5) is 0 Å². The van der Waals surface area contributed by atoms with Gasteiger partial charge in [0, 0.05) is 19.0 Å². The molecule has 0 aromatic carbocycles. The van der Waals surface area contributed by atoms with E-state index in [2.05, 4.69) is 19.2 Å². The van der Waals surface area contributed by atoms with Crippen molar-refractivity contribution in [1.82, 2.24) is 5.32 Å². The van der Waals surface area contributed by atoms with Gasteiger partial charge in [0.05, 0.1) is 0 Å². The summed E-state index contributed by atoms with van der Waals surface area (Å²) in [4.78, 5) is 22.9. The van der Waals surface area contributed by atoms with Crippen LogP contribution in [0.5, 0.6) is 0 Å². The molecule has 0 radical (unpaired) electrons. The minimum absolute atomic E-state index is 0.0649. The van der Waals surface area contributed by atoms with Gasteiger partial charge in [0.2, 0.25) is 0 Å². The Balaban J connectivity index is 2.40. The molecular weight excluding hydrogens is 290 g/mol. The third-order valence-electron chi connectivity index (χ3n) is 2.79. The zero-order chi connectivity index (χ0) is 15.8. The Kier molecular flexibility index (Phi) is 7.36. The molecule has 0 aliphatic heterocycles. The normalized spacial score (nSPS) is 10.9. The van der Waals surface area contributed by atoms with Crippen LogP contribution < -0.4 is 5.32 Å². The first kappa shape index (κ1) is 17.6. The van der Waals surface area contributed by atoms with Gasteiger partial charge in [-0.15, -0.1) is 0 Å². The van der Waals surface area contributed by atoms with Crippen LogP contribution in [-0.2, 0) is 6.42 Å². The number of carboxylic acid groups (broad SMARTS) is 1. The predicted molar refractivity (Wildman–Crippen MR) is 84.2 cm³/mol. The molecular formula is C15H23NO4S. The van der Waals surface area contributed by atoms with E-state index in [1.165, 1.54) is 6.07 Å². The van der Waals surface area contributed by atoms with Gasteiger partial charge in [-0.3, -0.25) is 4.79 Å². The SMILES string of the molecule is CCc1oc(C(=O)NCCCSCC(C)C)cc1C(=O)O. The molecule has 1 rings (SSSR count). The van der Waals surface area contributed by atoms with Crippen molar-refractivity contribution < 1.29 is 19.1 Å². The molecule has 0 aliphatic rings. The molecule has 1 aromatic heterocycles. The molecule has 0 bridgehead atoms. The topological polar surface area (TPSA) is 79.5 Å². The fourth-order valence-corrected chi connectivity index (χ4v) is 2.75. The first-order valence-corrected chi connectivity index (χ1v) is 8.33. The molecule has 0 saturated heterocycles. The fraction of sp³-hybridized carbons (Fsp3) is 0.600. The number of furan rings is 1. The van der Waals surface area contributed by atoms with Crippen molar-refractivity contribution in [2.24, 2.45) is 5.92 Å². The van der Waals surface area contributed by atoms with Gasteiger partial charge in [-0.1, -0.05) is 20.8 Å². The van der Waals surface area contributed by atoms with Crippen molar-refractivity contribution in [3.8, 4) is 0 Å². The maximum Gasteiger partial charge on any atom is 0.339 e. The lowest BCUT2D eigenvalue weighted by molar-refractivity contribution is 0.0694. The summed E-state index contributed by atoms with van der Waals surface area (Å²) in [6.45, 7) is 6.71. The highest BCUT2D eigenvalue weighted by Crippen LogP contribution is 2.16. The van der Waals surface area contributed by atoms with Crippen molar-refractivity contribution in [3.63, 3.8) is 0 Å². The van der Waals surface area contributed by atoms with Gasteiger partial charge in [-0.2, -0.15) is 11.8 Å². The molecule has 5 nitrogen and oxygen atoms in total. The van der Waals surface area contributed by atoms with E-state index in [0.717, 1.165) is 17.9 Å². The van der Waals surface area contributed by atoms with Gasteiger partial charge in [0.15, 0.2) is 5.76 Å². The molecule has 2 N–H and O–H groups in total. The van der Waals surface area contributed by atoms with Gasteiger partial charge >= 0.3 is 5.97 Å². The van der Waals surface area contributed by atoms with E-state index in [1.807, 2.05) is 11.8 Å². The van der Waals surface area contributed by atoms with Crippen molar-refractivity contribution >= 4 is 23.6 Å². The highest BCUT2D eigenvalue weighted by atomic mass is 32.2. The molecule has 0 fully saturated rings. The lowest BCUT2D eigenvalue weighted by atomic mass is 10.2. The van der Waals surface area contributed by atoms with E-state index in [4.69, 9.17) is 9.52 Å². The Bertz CT molecular complexity index is 482. The summed E-state index contributed by atoms with van der Waals surface area (Å²) < 4.78 is 5.30. The van der Waals surface area contributed by atoms with Crippen LogP contribution in [-0.4, -0.2) is 35.0 Å². The smallest absolute Gasteiger partial charge is 0.339 e. The molecule has 0 saturated carbocycles. The number of nitrogens with one attached hydrogen (secondary N) is 1. The Morgan fingerprint density at radius 2 is 2.14 bits per heavy atom. The van der Waals surface area contributed by atoms with E-state index in [0.29, 0.717) is 24.6 Å². The number of aryl methyl sites for hydroxylation is 1. The minimum Gasteiger partial charge on any atom is -0.478 e. The van der Waals surface area contributed by atoms with Crippen molar-refractivity contribution in [2.45, 2.75) is 33.6 Å². The molecule has 118 valence electrons. The van der Waals surface area contributed by atoms with Crippen molar-refractivity contribution in [3.05, 3.63) is 23.2 Å². The molecule has 1 aromatic rings. The predicted octanol–water partition coefficient (Wildman–Crippen LogP) is 3.05. The van der Waals surface area contributed by atoms with Crippen molar-refractivity contribution in [1.29, 1.82) is 0 Å². The van der Waals surface area contributed by atoms with Gasteiger partial charge in [0.1, 0.15) is 11.3 Å². The number of thioether (sulfide) groups is 1. The third-order valence-corrected chi connectivity index (χ3v) is 4.27. The summed E-state index contributed by atoms with van der Waals surface area (Å²) in [5.74, 6) is 1.77. The summed E-state index contributed by atoms with van der Waals surface area (Å²) >= 11 is 1.87. The van der Waals surface area contributed by atoms with E-state index < -0.39 is 5.97 Å². The number of rotatable bonds is 9. The number of carbonyl (C=O) groups is 2. The maximum atomic E-state index is 11.9. The number of carboxylic acids is 1. The molecule has 0 aliphatic carbocycles. The average Bonchev–Trinajstić information content (AvgIpc) is 2.86. The number of hydrogen-bond donors (Lipinski definition) is 2. The third kappa shape index (κ3) is 5.83. The quantitative estimate of drug-likeness (QED) is 0.685. The summed E-state index contributed by atoms with van der Waals surface area (Å²) in [6, 6.07) is 1.30. The number of hydrogen-bond acceptors (Lipinski definition) is 4. The molecule has 1 heterocycles. The molecule has 21 heavy (non-hydrogen) atoms. The second kappa shape index (κ2) is 8.77. The van der Waals surface area contributed by atoms with Gasteiger partial charge in [-0.25, -0.2) is 4.79 Å². The van der Waals surface area contributed by atoms with Crippen LogP contribution in [0.1, 0.15) is 53.9 Å². The first-order chi connectivity index (χ1) is 9.95. The van der Waals surface area contributed by atoms with E-state index in [1.54, 1.807) is 6.92 Å². The molecule has 0 spiro atoms. The lowest BCUT2D eigenvalue weighted by Crippen LogP contribution is -2.24. The molecule has 6 heteroatoms. The van der Waals surface area contributed by atoms with Crippen LogP contribution in [0, 0.1) is 5.92 Å². The highest BCUT2D eigenvalue weighted by Gasteiger charge is 2.19. The standard InChI is InChI=1S/C15H23NO4S/c1-4-12-11(15(18)19)8-13(20-12)14(17)16-6-5-7-21-9-10(2)3/h8,10H,4-7,9H2,1-3H3,(H,16,17)(H,18,19). The van der Waals surface area contributed by atoms with Gasteiger partial charge in [-0.05, 0) is 23.8 Å². The second-order valence-corrected chi connectivity index (χ2v) is 6.33. The summed E-state index contributed by atoms with van der Waals surface area (Å²) in [6.07, 6.45) is 1.33. The summed E-state index contributed by atoms with van der Waals surface area (Å²) in [7, 11) is 0. The van der Waals surface area contributed by atoms with Gasteiger partial charge in [0.25, 0.3) is 5.91 Å². The van der Waals surface area contributed by atoms with Crippen LogP contribution in [0.25, 0.3) is 0 Å². The van der Waals surface area contributed by atoms with E-state index in [9.17, 15) is 9.59 Å². The van der Waals surface area contributed by atoms with Crippen LogP contribution >= 0.6 is 11.8 Å². The van der Waals surface area contributed by atoms with Crippen LogP contribution in [0.3, 0.4) is 0 Å². The fourth-order valence-electron chi connectivity index (χ4n) is 1.77. The Hall–Kier alpha value is -1.43. The Morgan fingerprint density at radius 3 is 2.67 bits per heavy atom. The Morgan fingerprint density at radius 1 is 1.43 bits per heavy atom. The van der Waals surface area contributed by atoms with Gasteiger partial charge < -0.3 is 14.8 Å². The zero-order valence-corrected chi connectivity index (χ0v) is 13.6. The average molecular weight is 313 g/mol. The highest BCUT2D eigenvalue weighted by molar-refractivity contribution is 7.99.